The molecule has 0 atom stereocenters. The first kappa shape index (κ1) is 18.4. The molecule has 0 radical (unpaired) electrons. The minimum absolute atomic E-state index is 0.105. The molecule has 3 aromatic rings. The fourth-order valence-corrected chi connectivity index (χ4v) is 4.42. The van der Waals surface area contributed by atoms with E-state index in [1.807, 2.05) is 36.6 Å². The van der Waals surface area contributed by atoms with Crippen LogP contribution in [0.1, 0.15) is 5.56 Å². The van der Waals surface area contributed by atoms with E-state index in [4.69, 9.17) is 0 Å². The lowest BCUT2D eigenvalue weighted by Gasteiger charge is -2.10. The highest BCUT2D eigenvalue weighted by Gasteiger charge is 2.17. The van der Waals surface area contributed by atoms with E-state index < -0.39 is 0 Å². The molecule has 0 unspecified atom stereocenters. The Bertz CT molecular complexity index is 1020. The molecule has 26 heavy (non-hydrogen) atoms. The molecule has 3 rings (SSSR count). The van der Waals surface area contributed by atoms with Crippen LogP contribution in [0.2, 0.25) is 0 Å². The smallest absolute Gasteiger partial charge is 0.263 e. The van der Waals surface area contributed by atoms with E-state index >= 15 is 0 Å². The van der Waals surface area contributed by atoms with Gasteiger partial charge in [0.1, 0.15) is 4.83 Å². The molecule has 2 heterocycles. The third-order valence-corrected chi connectivity index (χ3v) is 5.79. The maximum absolute atomic E-state index is 13.1. The molecular formula is C19H19N3O2S2. The molecule has 2 aromatic heterocycles. The number of thiophene rings is 1. The Hall–Kier alpha value is -2.38. The predicted molar refractivity (Wildman–Crippen MR) is 109 cm³/mol. The lowest BCUT2D eigenvalue weighted by molar-refractivity contribution is -0.118. The summed E-state index contributed by atoms with van der Waals surface area (Å²) in [6, 6.07) is 8.09. The molecule has 0 saturated carbocycles. The van der Waals surface area contributed by atoms with Crippen LogP contribution in [0.15, 0.2) is 52.3 Å². The van der Waals surface area contributed by atoms with Gasteiger partial charge in [0.2, 0.25) is 5.91 Å². The van der Waals surface area contributed by atoms with Gasteiger partial charge in [-0.05, 0) is 12.5 Å². The average molecular weight is 386 g/mol. The van der Waals surface area contributed by atoms with Crippen LogP contribution in [-0.4, -0.2) is 28.3 Å². The van der Waals surface area contributed by atoms with Gasteiger partial charge in [-0.1, -0.05) is 47.7 Å². The SMILES string of the molecule is C=CCn1c(SCC(=O)NC)nc2scc(-c3ccc(C)cc3)c2c1=O. The van der Waals surface area contributed by atoms with Gasteiger partial charge in [-0.15, -0.1) is 17.9 Å². The summed E-state index contributed by atoms with van der Waals surface area (Å²) in [7, 11) is 1.59. The summed E-state index contributed by atoms with van der Waals surface area (Å²) >= 11 is 2.70. The van der Waals surface area contributed by atoms with Gasteiger partial charge < -0.3 is 5.32 Å². The minimum Gasteiger partial charge on any atom is -0.358 e. The van der Waals surface area contributed by atoms with Gasteiger partial charge >= 0.3 is 0 Å². The van der Waals surface area contributed by atoms with Crippen molar-refractivity contribution >= 4 is 39.2 Å². The molecule has 0 aliphatic rings. The van der Waals surface area contributed by atoms with Gasteiger partial charge in [0.05, 0.1) is 11.1 Å². The van der Waals surface area contributed by atoms with E-state index in [1.54, 1.807) is 17.7 Å². The highest BCUT2D eigenvalue weighted by molar-refractivity contribution is 7.99. The number of carbonyl (C=O) groups excluding carboxylic acids is 1. The Kier molecular flexibility index (Phi) is 5.58. The van der Waals surface area contributed by atoms with E-state index in [9.17, 15) is 9.59 Å². The number of allylic oxidation sites excluding steroid dienone is 1. The molecule has 7 heteroatoms. The van der Waals surface area contributed by atoms with Crippen molar-refractivity contribution in [2.45, 2.75) is 18.6 Å². The average Bonchev–Trinajstić information content (AvgIpc) is 3.07. The van der Waals surface area contributed by atoms with Crippen LogP contribution in [-0.2, 0) is 11.3 Å². The first-order chi connectivity index (χ1) is 12.5. The zero-order valence-electron chi connectivity index (χ0n) is 14.6. The number of fused-ring (bicyclic) bond motifs is 1. The van der Waals surface area contributed by atoms with Crippen LogP contribution in [0.4, 0.5) is 0 Å². The molecule has 0 spiro atoms. The Morgan fingerprint density at radius 2 is 2.12 bits per heavy atom. The molecule has 1 amide bonds. The van der Waals surface area contributed by atoms with Gasteiger partial charge in [-0.2, -0.15) is 0 Å². The number of benzene rings is 1. The first-order valence-electron chi connectivity index (χ1n) is 8.08. The summed E-state index contributed by atoms with van der Waals surface area (Å²) in [5.41, 5.74) is 2.95. The van der Waals surface area contributed by atoms with Crippen molar-refractivity contribution in [2.24, 2.45) is 0 Å². The Morgan fingerprint density at radius 1 is 1.38 bits per heavy atom. The molecule has 5 nitrogen and oxygen atoms in total. The van der Waals surface area contributed by atoms with Gasteiger partial charge in [-0.25, -0.2) is 4.98 Å². The van der Waals surface area contributed by atoms with E-state index in [0.717, 1.165) is 11.1 Å². The highest BCUT2D eigenvalue weighted by Crippen LogP contribution is 2.32. The van der Waals surface area contributed by atoms with Gasteiger partial charge in [0.15, 0.2) is 5.16 Å². The first-order valence-corrected chi connectivity index (χ1v) is 9.95. The minimum atomic E-state index is -0.110. The number of aromatic nitrogens is 2. The van der Waals surface area contributed by atoms with Gasteiger partial charge in [-0.3, -0.25) is 14.2 Å². The molecule has 134 valence electrons. The lowest BCUT2D eigenvalue weighted by atomic mass is 10.1. The van der Waals surface area contributed by atoms with E-state index in [-0.39, 0.29) is 17.2 Å². The maximum Gasteiger partial charge on any atom is 0.263 e. The van der Waals surface area contributed by atoms with Crippen molar-refractivity contribution in [3.05, 3.63) is 58.2 Å². The Balaban J connectivity index is 2.14. The molecular weight excluding hydrogens is 366 g/mol. The number of thioether (sulfide) groups is 1. The van der Waals surface area contributed by atoms with Gasteiger partial charge in [0.25, 0.3) is 5.56 Å². The normalized spacial score (nSPS) is 10.8. The van der Waals surface area contributed by atoms with Crippen LogP contribution in [0.25, 0.3) is 21.3 Å². The lowest BCUT2D eigenvalue weighted by Crippen LogP contribution is -2.24. The summed E-state index contributed by atoms with van der Waals surface area (Å²) in [5.74, 6) is 0.0999. The largest absolute Gasteiger partial charge is 0.358 e. The molecule has 1 aromatic carbocycles. The third-order valence-electron chi connectivity index (χ3n) is 3.94. The second-order valence-corrected chi connectivity index (χ2v) is 7.56. The summed E-state index contributed by atoms with van der Waals surface area (Å²) in [6.07, 6.45) is 1.66. The van der Waals surface area contributed by atoms with Crippen LogP contribution < -0.4 is 10.9 Å². The van der Waals surface area contributed by atoms with E-state index in [1.165, 1.54) is 28.7 Å². The molecule has 0 aliphatic carbocycles. The topological polar surface area (TPSA) is 64.0 Å². The Labute approximate surface area is 159 Å². The molecule has 0 saturated heterocycles. The quantitative estimate of drug-likeness (QED) is 0.401. The molecule has 0 aliphatic heterocycles. The summed E-state index contributed by atoms with van der Waals surface area (Å²) in [6.45, 7) is 6.11. The van der Waals surface area contributed by atoms with E-state index in [2.05, 4.69) is 16.9 Å². The zero-order chi connectivity index (χ0) is 18.7. The van der Waals surface area contributed by atoms with Crippen molar-refractivity contribution in [3.8, 4) is 11.1 Å². The summed E-state index contributed by atoms with van der Waals surface area (Å²) in [4.78, 5) is 30.0. The molecule has 1 N–H and O–H groups in total. The summed E-state index contributed by atoms with van der Waals surface area (Å²) < 4.78 is 1.58. The van der Waals surface area contributed by atoms with Crippen LogP contribution in [0.3, 0.4) is 0 Å². The third kappa shape index (κ3) is 3.59. The Morgan fingerprint density at radius 3 is 2.77 bits per heavy atom. The molecule has 0 fully saturated rings. The maximum atomic E-state index is 13.1. The number of rotatable bonds is 6. The van der Waals surface area contributed by atoms with Crippen molar-refractivity contribution in [1.82, 2.24) is 14.9 Å². The van der Waals surface area contributed by atoms with Crippen molar-refractivity contribution in [3.63, 3.8) is 0 Å². The van der Waals surface area contributed by atoms with Crippen molar-refractivity contribution in [2.75, 3.05) is 12.8 Å². The van der Waals surface area contributed by atoms with Gasteiger partial charge in [0, 0.05) is 24.5 Å². The van der Waals surface area contributed by atoms with Crippen LogP contribution >= 0.6 is 23.1 Å². The predicted octanol–water partition coefficient (Wildman–Crippen LogP) is 3.46. The number of aryl methyl sites for hydroxylation is 1. The second-order valence-electron chi connectivity index (χ2n) is 5.76. The fraction of sp³-hybridized carbons (Fsp3) is 0.211. The van der Waals surface area contributed by atoms with Crippen LogP contribution in [0.5, 0.6) is 0 Å². The van der Waals surface area contributed by atoms with Crippen LogP contribution in [0, 0.1) is 6.92 Å². The van der Waals surface area contributed by atoms with E-state index in [0.29, 0.717) is 21.9 Å². The standard InChI is InChI=1S/C19H19N3O2S2/c1-4-9-22-18(24)16-14(13-7-5-12(2)6-8-13)10-25-17(16)21-19(22)26-11-15(23)20-3/h4-8,10H,1,9,11H2,2-3H3,(H,20,23). The number of carbonyl (C=O) groups is 1. The number of nitrogens with one attached hydrogen (secondary N) is 1. The number of nitrogens with zero attached hydrogens (tertiary/aromatic N) is 2. The second kappa shape index (κ2) is 7.88. The molecule has 0 bridgehead atoms. The summed E-state index contributed by atoms with van der Waals surface area (Å²) in [5, 5.41) is 5.69. The fourth-order valence-electron chi connectivity index (χ4n) is 2.55. The van der Waals surface area contributed by atoms with Crippen molar-refractivity contribution in [1.29, 1.82) is 0 Å². The zero-order valence-corrected chi connectivity index (χ0v) is 16.2. The number of amides is 1. The monoisotopic (exact) mass is 385 g/mol. The van der Waals surface area contributed by atoms with Crippen molar-refractivity contribution < 1.29 is 4.79 Å². The number of hydrogen-bond donors (Lipinski definition) is 1. The number of hydrogen-bond acceptors (Lipinski definition) is 5. The highest BCUT2D eigenvalue weighted by atomic mass is 32.2.